The van der Waals surface area contributed by atoms with Crippen LogP contribution >= 0.6 is 0 Å². The van der Waals surface area contributed by atoms with E-state index in [1.807, 2.05) is 19.9 Å². The van der Waals surface area contributed by atoms with Crippen molar-refractivity contribution in [3.63, 3.8) is 0 Å². The van der Waals surface area contributed by atoms with Crippen LogP contribution in [0.15, 0.2) is 18.3 Å². The summed E-state index contributed by atoms with van der Waals surface area (Å²) in [6.45, 7) is 4.23. The molecule has 1 N–H and O–H groups in total. The first kappa shape index (κ1) is 12.8. The maximum absolute atomic E-state index is 11.9. The molecule has 0 saturated heterocycles. The van der Waals surface area contributed by atoms with Gasteiger partial charge in [0, 0.05) is 18.3 Å². The molecule has 0 aromatic carbocycles. The van der Waals surface area contributed by atoms with E-state index in [0.29, 0.717) is 0 Å². The zero-order chi connectivity index (χ0) is 12.0. The quantitative estimate of drug-likeness (QED) is 0.814. The minimum Gasteiger partial charge on any atom is -0.472 e. The van der Waals surface area contributed by atoms with Crippen LogP contribution in [0.5, 0.6) is 5.88 Å². The fourth-order valence-electron chi connectivity index (χ4n) is 1.35. The maximum atomic E-state index is 11.9. The third-order valence-electron chi connectivity index (χ3n) is 2.13. The van der Waals surface area contributed by atoms with Crippen LogP contribution < -0.4 is 10.1 Å². The van der Waals surface area contributed by atoms with E-state index in [2.05, 4.69) is 10.3 Å². The van der Waals surface area contributed by atoms with Gasteiger partial charge in [-0.15, -0.1) is 0 Å². The second kappa shape index (κ2) is 6.37. The van der Waals surface area contributed by atoms with Crippen molar-refractivity contribution in [3.8, 4) is 5.88 Å². The summed E-state index contributed by atoms with van der Waals surface area (Å²) >= 11 is 0. The molecule has 1 unspecified atom stereocenters. The highest BCUT2D eigenvalue weighted by molar-refractivity contribution is 5.23. The van der Waals surface area contributed by atoms with Crippen LogP contribution in [-0.2, 0) is 0 Å². The van der Waals surface area contributed by atoms with E-state index in [1.54, 1.807) is 12.3 Å². The van der Waals surface area contributed by atoms with Gasteiger partial charge in [0.25, 0.3) is 6.43 Å². The number of hydrogen-bond acceptors (Lipinski definition) is 3. The van der Waals surface area contributed by atoms with Crippen LogP contribution in [0, 0.1) is 0 Å². The second-order valence-corrected chi connectivity index (χ2v) is 3.41. The first-order chi connectivity index (χ1) is 7.63. The standard InChI is InChI=1S/C11H16F2N2O/c1-3-14-8(2)9-4-5-15-11(6-9)16-7-10(12)13/h4-6,8,10,14H,3,7H2,1-2H3. The Morgan fingerprint density at radius 1 is 1.50 bits per heavy atom. The molecule has 1 rings (SSSR count). The molecule has 0 bridgehead atoms. The van der Waals surface area contributed by atoms with Crippen molar-refractivity contribution in [3.05, 3.63) is 23.9 Å². The van der Waals surface area contributed by atoms with E-state index in [1.165, 1.54) is 0 Å². The van der Waals surface area contributed by atoms with Crippen LogP contribution in [0.25, 0.3) is 0 Å². The summed E-state index contributed by atoms with van der Waals surface area (Å²) in [7, 11) is 0. The minimum absolute atomic E-state index is 0.155. The van der Waals surface area contributed by atoms with Crippen LogP contribution in [0.1, 0.15) is 25.5 Å². The molecule has 0 spiro atoms. The normalized spacial score (nSPS) is 12.8. The molecule has 5 heteroatoms. The fourth-order valence-corrected chi connectivity index (χ4v) is 1.35. The number of nitrogens with zero attached hydrogens (tertiary/aromatic N) is 1. The zero-order valence-electron chi connectivity index (χ0n) is 9.41. The number of nitrogens with one attached hydrogen (secondary N) is 1. The van der Waals surface area contributed by atoms with Crippen LogP contribution in [0.4, 0.5) is 8.78 Å². The first-order valence-electron chi connectivity index (χ1n) is 5.23. The Labute approximate surface area is 93.8 Å². The molecule has 0 aliphatic heterocycles. The molecule has 0 fully saturated rings. The number of alkyl halides is 2. The Morgan fingerprint density at radius 3 is 2.88 bits per heavy atom. The number of halogens is 2. The van der Waals surface area contributed by atoms with Crippen molar-refractivity contribution >= 4 is 0 Å². The van der Waals surface area contributed by atoms with Crippen LogP contribution in [-0.4, -0.2) is 24.6 Å². The van der Waals surface area contributed by atoms with Gasteiger partial charge < -0.3 is 10.1 Å². The van der Waals surface area contributed by atoms with E-state index in [0.717, 1.165) is 12.1 Å². The summed E-state index contributed by atoms with van der Waals surface area (Å²) in [5.74, 6) is 0.238. The molecular formula is C11H16F2N2O. The van der Waals surface area contributed by atoms with Gasteiger partial charge in [-0.2, -0.15) is 0 Å². The predicted molar refractivity (Wildman–Crippen MR) is 57.8 cm³/mol. The number of hydrogen-bond donors (Lipinski definition) is 1. The summed E-state index contributed by atoms with van der Waals surface area (Å²) in [5.41, 5.74) is 0.973. The van der Waals surface area contributed by atoms with Gasteiger partial charge in [-0.3, -0.25) is 0 Å². The molecule has 1 aromatic heterocycles. The Bertz CT molecular complexity index is 321. The fraction of sp³-hybridized carbons (Fsp3) is 0.545. The van der Waals surface area contributed by atoms with Gasteiger partial charge in [0.15, 0.2) is 6.61 Å². The van der Waals surface area contributed by atoms with Crippen LogP contribution in [0.2, 0.25) is 0 Å². The Hall–Kier alpha value is -1.23. The van der Waals surface area contributed by atoms with Crippen LogP contribution in [0.3, 0.4) is 0 Å². The van der Waals surface area contributed by atoms with Gasteiger partial charge in [-0.25, -0.2) is 13.8 Å². The highest BCUT2D eigenvalue weighted by Crippen LogP contribution is 2.16. The monoisotopic (exact) mass is 230 g/mol. The second-order valence-electron chi connectivity index (χ2n) is 3.41. The molecular weight excluding hydrogens is 214 g/mol. The average molecular weight is 230 g/mol. The van der Waals surface area contributed by atoms with Gasteiger partial charge >= 0.3 is 0 Å². The predicted octanol–water partition coefficient (Wildman–Crippen LogP) is 2.40. The molecule has 1 atom stereocenters. The van der Waals surface area contributed by atoms with E-state index in [4.69, 9.17) is 4.74 Å². The lowest BCUT2D eigenvalue weighted by Gasteiger charge is -2.13. The molecule has 16 heavy (non-hydrogen) atoms. The van der Waals surface area contributed by atoms with Crippen molar-refractivity contribution in [2.75, 3.05) is 13.2 Å². The largest absolute Gasteiger partial charge is 0.472 e. The Balaban J connectivity index is 2.63. The molecule has 0 aliphatic carbocycles. The van der Waals surface area contributed by atoms with E-state index in [9.17, 15) is 8.78 Å². The molecule has 0 saturated carbocycles. The summed E-state index contributed by atoms with van der Waals surface area (Å²) in [6, 6.07) is 3.67. The summed E-state index contributed by atoms with van der Waals surface area (Å²) in [5, 5.41) is 3.22. The smallest absolute Gasteiger partial charge is 0.272 e. The Kier molecular flexibility index (Phi) is 5.11. The lowest BCUT2D eigenvalue weighted by atomic mass is 10.1. The molecule has 1 aromatic rings. The van der Waals surface area contributed by atoms with Crippen molar-refractivity contribution in [2.45, 2.75) is 26.3 Å². The number of aromatic nitrogens is 1. The summed E-state index contributed by atoms with van der Waals surface area (Å²) in [4.78, 5) is 3.87. The van der Waals surface area contributed by atoms with Crippen molar-refractivity contribution < 1.29 is 13.5 Å². The number of ether oxygens (including phenoxy) is 1. The summed E-state index contributed by atoms with van der Waals surface area (Å²) in [6.07, 6.45) is -0.916. The molecule has 0 aliphatic rings. The topological polar surface area (TPSA) is 34.2 Å². The number of rotatable bonds is 6. The first-order valence-corrected chi connectivity index (χ1v) is 5.23. The van der Waals surface area contributed by atoms with Gasteiger partial charge in [0.2, 0.25) is 5.88 Å². The third-order valence-corrected chi connectivity index (χ3v) is 2.13. The molecule has 90 valence electrons. The van der Waals surface area contributed by atoms with Gasteiger partial charge in [0.05, 0.1) is 0 Å². The van der Waals surface area contributed by atoms with Gasteiger partial charge in [-0.05, 0) is 25.1 Å². The van der Waals surface area contributed by atoms with E-state index < -0.39 is 13.0 Å². The lowest BCUT2D eigenvalue weighted by Crippen LogP contribution is -2.18. The lowest BCUT2D eigenvalue weighted by molar-refractivity contribution is 0.0795. The molecule has 0 amide bonds. The minimum atomic E-state index is -2.48. The van der Waals surface area contributed by atoms with Crippen molar-refractivity contribution in [1.82, 2.24) is 10.3 Å². The molecule has 3 nitrogen and oxygen atoms in total. The molecule has 1 heterocycles. The van der Waals surface area contributed by atoms with E-state index >= 15 is 0 Å². The SMILES string of the molecule is CCNC(C)c1ccnc(OCC(F)F)c1. The van der Waals surface area contributed by atoms with E-state index in [-0.39, 0.29) is 11.9 Å². The maximum Gasteiger partial charge on any atom is 0.272 e. The molecule has 0 radical (unpaired) electrons. The number of pyridine rings is 1. The van der Waals surface area contributed by atoms with Crippen molar-refractivity contribution in [2.24, 2.45) is 0 Å². The Morgan fingerprint density at radius 2 is 2.25 bits per heavy atom. The van der Waals surface area contributed by atoms with Gasteiger partial charge in [-0.1, -0.05) is 6.92 Å². The highest BCUT2D eigenvalue weighted by atomic mass is 19.3. The zero-order valence-corrected chi connectivity index (χ0v) is 9.41. The third kappa shape index (κ3) is 4.10. The summed E-state index contributed by atoms with van der Waals surface area (Å²) < 4.78 is 28.7. The van der Waals surface area contributed by atoms with Crippen molar-refractivity contribution in [1.29, 1.82) is 0 Å². The van der Waals surface area contributed by atoms with Gasteiger partial charge in [0.1, 0.15) is 0 Å². The highest BCUT2D eigenvalue weighted by Gasteiger charge is 2.07. The average Bonchev–Trinajstić information content (AvgIpc) is 2.27.